The van der Waals surface area contributed by atoms with E-state index in [0.717, 1.165) is 16.5 Å². The quantitative estimate of drug-likeness (QED) is 0.423. The Kier molecular flexibility index (Phi) is 6.11. The number of methoxy groups -OCH3 is 1. The maximum atomic E-state index is 13.1. The second kappa shape index (κ2) is 8.99. The second-order valence-electron chi connectivity index (χ2n) is 7.79. The zero-order valence-electron chi connectivity index (χ0n) is 18.6. The highest BCUT2D eigenvalue weighted by Crippen LogP contribution is 2.28. The Hall–Kier alpha value is -3.78. The first-order valence-electron chi connectivity index (χ1n) is 10.4. The summed E-state index contributed by atoms with van der Waals surface area (Å²) in [5, 5.41) is 3.84. The summed E-state index contributed by atoms with van der Waals surface area (Å²) in [6, 6.07) is 19.5. The Balaban J connectivity index is 1.56. The van der Waals surface area contributed by atoms with E-state index < -0.39 is 10.0 Å². The lowest BCUT2D eigenvalue weighted by molar-refractivity contribution is -0.115. The van der Waals surface area contributed by atoms with Gasteiger partial charge in [0.05, 0.1) is 24.1 Å². The summed E-state index contributed by atoms with van der Waals surface area (Å²) in [7, 11) is -0.487. The van der Waals surface area contributed by atoms with Gasteiger partial charge in [-0.15, -0.1) is 0 Å². The van der Waals surface area contributed by atoms with Crippen LogP contribution < -0.4 is 14.8 Å². The number of amides is 1. The van der Waals surface area contributed by atoms with Crippen molar-refractivity contribution < 1.29 is 17.9 Å². The summed E-state index contributed by atoms with van der Waals surface area (Å²) >= 11 is 0. The van der Waals surface area contributed by atoms with Crippen LogP contribution >= 0.6 is 0 Å². The van der Waals surface area contributed by atoms with E-state index in [-0.39, 0.29) is 17.2 Å². The smallest absolute Gasteiger partial charge is 0.262 e. The molecule has 33 heavy (non-hydrogen) atoms. The van der Waals surface area contributed by atoms with Crippen LogP contribution in [0.1, 0.15) is 11.1 Å². The summed E-state index contributed by atoms with van der Waals surface area (Å²) < 4.78 is 36.0. The molecule has 0 aliphatic carbocycles. The van der Waals surface area contributed by atoms with Crippen LogP contribution in [0.2, 0.25) is 0 Å². The van der Waals surface area contributed by atoms with Gasteiger partial charge in [0.25, 0.3) is 10.0 Å². The van der Waals surface area contributed by atoms with E-state index in [2.05, 4.69) is 10.0 Å². The largest absolute Gasteiger partial charge is 0.495 e. The van der Waals surface area contributed by atoms with Crippen molar-refractivity contribution in [2.45, 2.75) is 18.2 Å². The monoisotopic (exact) mass is 463 g/mol. The van der Waals surface area contributed by atoms with Gasteiger partial charge in [0.2, 0.25) is 5.91 Å². The van der Waals surface area contributed by atoms with Crippen LogP contribution in [0.15, 0.2) is 77.8 Å². The number of anilines is 2. The van der Waals surface area contributed by atoms with E-state index in [1.54, 1.807) is 43.3 Å². The van der Waals surface area contributed by atoms with Crippen LogP contribution in [0.3, 0.4) is 0 Å². The molecule has 4 aromatic rings. The molecule has 0 saturated carbocycles. The van der Waals surface area contributed by atoms with Crippen molar-refractivity contribution >= 4 is 38.2 Å². The first-order valence-corrected chi connectivity index (χ1v) is 11.9. The maximum absolute atomic E-state index is 13.1. The van der Waals surface area contributed by atoms with Gasteiger partial charge in [0.1, 0.15) is 5.75 Å². The lowest BCUT2D eigenvalue weighted by atomic mass is 10.1. The Morgan fingerprint density at radius 2 is 1.76 bits per heavy atom. The van der Waals surface area contributed by atoms with Crippen molar-refractivity contribution in [2.75, 3.05) is 17.1 Å². The van der Waals surface area contributed by atoms with Crippen LogP contribution in [0, 0.1) is 6.92 Å². The Morgan fingerprint density at radius 1 is 1.03 bits per heavy atom. The van der Waals surface area contributed by atoms with E-state index in [4.69, 9.17) is 4.74 Å². The molecular weight excluding hydrogens is 438 g/mol. The zero-order chi connectivity index (χ0) is 23.6. The number of aryl methyl sites for hydroxylation is 2. The van der Waals surface area contributed by atoms with Gasteiger partial charge in [0, 0.05) is 29.8 Å². The Morgan fingerprint density at radius 3 is 2.55 bits per heavy atom. The molecule has 1 heterocycles. The molecule has 1 amide bonds. The molecule has 0 unspecified atom stereocenters. The van der Waals surface area contributed by atoms with E-state index in [0.29, 0.717) is 22.7 Å². The third kappa shape index (κ3) is 4.70. The first-order chi connectivity index (χ1) is 15.8. The summed E-state index contributed by atoms with van der Waals surface area (Å²) in [6.07, 6.45) is 2.11. The molecular formula is C25H25N3O4S. The highest BCUT2D eigenvalue weighted by atomic mass is 32.2. The Bertz CT molecular complexity index is 1440. The molecule has 0 aliphatic heterocycles. The maximum Gasteiger partial charge on any atom is 0.262 e. The summed E-state index contributed by atoms with van der Waals surface area (Å²) in [5.41, 5.74) is 3.26. The molecule has 0 aliphatic rings. The molecule has 170 valence electrons. The molecule has 0 radical (unpaired) electrons. The van der Waals surface area contributed by atoms with Crippen molar-refractivity contribution in [3.05, 3.63) is 84.1 Å². The van der Waals surface area contributed by atoms with Gasteiger partial charge in [-0.2, -0.15) is 0 Å². The highest BCUT2D eigenvalue weighted by Gasteiger charge is 2.20. The number of nitrogens with zero attached hydrogens (tertiary/aromatic N) is 1. The standard InChI is InChI=1S/C25H25N3O4S/c1-17-12-13-19(15-24(17)33(30,31)27-21-9-5-7-11-23(21)32-3)26-25(29)14-18-16-28(2)22-10-6-4-8-20(18)22/h4-13,15-16,27H,14H2,1-3H3,(H,26,29). The third-order valence-corrected chi connectivity index (χ3v) is 6.95. The van der Waals surface area contributed by atoms with Crippen LogP contribution in [-0.2, 0) is 28.3 Å². The molecule has 0 saturated heterocycles. The number of rotatable bonds is 7. The minimum absolute atomic E-state index is 0.0800. The van der Waals surface area contributed by atoms with Crippen molar-refractivity contribution in [3.8, 4) is 5.75 Å². The normalized spacial score (nSPS) is 11.4. The van der Waals surface area contributed by atoms with E-state index in [1.807, 2.05) is 42.1 Å². The number of fused-ring (bicyclic) bond motifs is 1. The molecule has 1 aromatic heterocycles. The van der Waals surface area contributed by atoms with Gasteiger partial charge in [-0.25, -0.2) is 8.42 Å². The number of hydrogen-bond acceptors (Lipinski definition) is 4. The fraction of sp³-hybridized carbons (Fsp3) is 0.160. The molecule has 7 nitrogen and oxygen atoms in total. The van der Waals surface area contributed by atoms with E-state index in [1.165, 1.54) is 13.2 Å². The summed E-state index contributed by atoms with van der Waals surface area (Å²) in [5.74, 6) is 0.189. The number of ether oxygens (including phenoxy) is 1. The van der Waals surface area contributed by atoms with Crippen molar-refractivity contribution in [1.29, 1.82) is 0 Å². The average Bonchev–Trinajstić information content (AvgIpc) is 3.10. The zero-order valence-corrected chi connectivity index (χ0v) is 19.4. The molecule has 0 atom stereocenters. The van der Waals surface area contributed by atoms with Crippen LogP contribution in [-0.4, -0.2) is 26.0 Å². The molecule has 0 spiro atoms. The number of sulfonamides is 1. The van der Waals surface area contributed by atoms with Crippen LogP contribution in [0.5, 0.6) is 5.75 Å². The number of carbonyl (C=O) groups excluding carboxylic acids is 1. The minimum atomic E-state index is -3.90. The van der Waals surface area contributed by atoms with E-state index in [9.17, 15) is 13.2 Å². The van der Waals surface area contributed by atoms with E-state index >= 15 is 0 Å². The highest BCUT2D eigenvalue weighted by molar-refractivity contribution is 7.92. The van der Waals surface area contributed by atoms with Crippen molar-refractivity contribution in [2.24, 2.45) is 7.05 Å². The number of hydrogen-bond donors (Lipinski definition) is 2. The SMILES string of the molecule is COc1ccccc1NS(=O)(=O)c1cc(NC(=O)Cc2cn(C)c3ccccc23)ccc1C. The fourth-order valence-corrected chi connectivity index (χ4v) is 5.18. The number of benzene rings is 3. The molecule has 0 fully saturated rings. The molecule has 3 aromatic carbocycles. The summed E-state index contributed by atoms with van der Waals surface area (Å²) in [6.45, 7) is 1.71. The van der Waals surface area contributed by atoms with Gasteiger partial charge in [-0.1, -0.05) is 36.4 Å². The number of carbonyl (C=O) groups is 1. The lowest BCUT2D eigenvalue weighted by Crippen LogP contribution is -2.17. The van der Waals surface area contributed by atoms with Gasteiger partial charge >= 0.3 is 0 Å². The van der Waals surface area contributed by atoms with Crippen LogP contribution in [0.25, 0.3) is 10.9 Å². The Labute approximate surface area is 193 Å². The van der Waals surface area contributed by atoms with Crippen LogP contribution in [0.4, 0.5) is 11.4 Å². The molecule has 2 N–H and O–H groups in total. The minimum Gasteiger partial charge on any atom is -0.495 e. The predicted octanol–water partition coefficient (Wildman–Crippen LogP) is 4.48. The van der Waals surface area contributed by atoms with Gasteiger partial charge < -0.3 is 14.6 Å². The topological polar surface area (TPSA) is 89.4 Å². The van der Waals surface area contributed by atoms with Crippen molar-refractivity contribution in [3.63, 3.8) is 0 Å². The number of nitrogens with one attached hydrogen (secondary N) is 2. The summed E-state index contributed by atoms with van der Waals surface area (Å²) in [4.78, 5) is 12.8. The van der Waals surface area contributed by atoms with Gasteiger partial charge in [-0.3, -0.25) is 9.52 Å². The molecule has 0 bridgehead atoms. The van der Waals surface area contributed by atoms with Gasteiger partial charge in [0.15, 0.2) is 0 Å². The number of aromatic nitrogens is 1. The third-order valence-electron chi connectivity index (χ3n) is 5.44. The lowest BCUT2D eigenvalue weighted by Gasteiger charge is -2.14. The first kappa shape index (κ1) is 22.4. The van der Waals surface area contributed by atoms with Gasteiger partial charge in [-0.05, 0) is 48.4 Å². The number of para-hydroxylation sites is 3. The predicted molar refractivity (Wildman–Crippen MR) is 130 cm³/mol. The second-order valence-corrected chi connectivity index (χ2v) is 9.44. The molecule has 8 heteroatoms. The van der Waals surface area contributed by atoms with Crippen molar-refractivity contribution in [1.82, 2.24) is 4.57 Å². The molecule has 4 rings (SSSR count). The fourth-order valence-electron chi connectivity index (χ4n) is 3.84. The average molecular weight is 464 g/mol.